The highest BCUT2D eigenvalue weighted by molar-refractivity contribution is 6.42. The van der Waals surface area contributed by atoms with Gasteiger partial charge in [-0.15, -0.1) is 0 Å². The van der Waals surface area contributed by atoms with Crippen LogP contribution >= 0.6 is 0 Å². The molecule has 194 valence electrons. The fraction of sp³-hybridized carbons (Fsp3) is 0.520. The van der Waals surface area contributed by atoms with Crippen LogP contribution in [0, 0.1) is 5.41 Å². The molecular formula is C25H35N7O4. The number of H-pyrrole nitrogens is 1. The van der Waals surface area contributed by atoms with Crippen LogP contribution in [0.4, 0.5) is 10.6 Å². The highest BCUT2D eigenvalue weighted by atomic mass is 16.6. The molecule has 2 aromatic heterocycles. The zero-order valence-corrected chi connectivity index (χ0v) is 21.3. The molecule has 0 aliphatic carbocycles. The summed E-state index contributed by atoms with van der Waals surface area (Å²) in [6, 6.07) is 4.37. The van der Waals surface area contributed by atoms with Crippen molar-refractivity contribution in [1.82, 2.24) is 25.5 Å². The fourth-order valence-electron chi connectivity index (χ4n) is 3.71. The highest BCUT2D eigenvalue weighted by Crippen LogP contribution is 2.25. The van der Waals surface area contributed by atoms with Gasteiger partial charge in [0.2, 0.25) is 5.78 Å². The minimum atomic E-state index is -0.996. The zero-order valence-electron chi connectivity index (χ0n) is 21.3. The van der Waals surface area contributed by atoms with E-state index in [0.29, 0.717) is 31.7 Å². The summed E-state index contributed by atoms with van der Waals surface area (Å²) >= 11 is 0. The van der Waals surface area contributed by atoms with Crippen molar-refractivity contribution in [2.45, 2.75) is 65.5 Å². The number of carbonyl (C=O) groups excluding carboxylic acids is 3. The number of carbonyl (C=O) groups is 3. The Morgan fingerprint density at radius 3 is 2.56 bits per heavy atom. The van der Waals surface area contributed by atoms with E-state index < -0.39 is 29.9 Å². The van der Waals surface area contributed by atoms with Gasteiger partial charge in [-0.25, -0.2) is 4.79 Å². The molecule has 3 rings (SSSR count). The molecule has 0 aromatic carbocycles. The number of hydrogen-bond acceptors (Lipinski definition) is 8. The molecule has 1 aliphatic rings. The van der Waals surface area contributed by atoms with Gasteiger partial charge in [-0.05, 0) is 18.6 Å². The van der Waals surface area contributed by atoms with Gasteiger partial charge in [-0.2, -0.15) is 10.2 Å². The number of anilines is 1. The Kier molecular flexibility index (Phi) is 9.15. The van der Waals surface area contributed by atoms with Gasteiger partial charge in [0.25, 0.3) is 5.91 Å². The van der Waals surface area contributed by atoms with Gasteiger partial charge in [0, 0.05) is 42.4 Å². The molecule has 1 aliphatic heterocycles. The average molecular weight is 498 g/mol. The number of aromatic amines is 1. The Hall–Kier alpha value is -3.76. The predicted molar refractivity (Wildman–Crippen MR) is 135 cm³/mol. The van der Waals surface area contributed by atoms with Gasteiger partial charge >= 0.3 is 6.09 Å². The molecule has 0 spiro atoms. The number of pyridine rings is 1. The monoisotopic (exact) mass is 497 g/mol. The molecule has 0 saturated heterocycles. The van der Waals surface area contributed by atoms with Crippen LogP contribution in [-0.4, -0.2) is 68.9 Å². The van der Waals surface area contributed by atoms with Crippen LogP contribution in [0.2, 0.25) is 0 Å². The number of nitrogens with one attached hydrogen (secondary N) is 3. The van der Waals surface area contributed by atoms with Gasteiger partial charge < -0.3 is 15.4 Å². The third kappa shape index (κ3) is 7.62. The van der Waals surface area contributed by atoms with E-state index in [0.717, 1.165) is 24.1 Å². The third-order valence-electron chi connectivity index (χ3n) is 5.90. The molecule has 2 atom stereocenters. The lowest BCUT2D eigenvalue weighted by Crippen LogP contribution is -2.49. The Bertz CT molecular complexity index is 1050. The smallest absolute Gasteiger partial charge is 0.408 e. The van der Waals surface area contributed by atoms with Crippen molar-refractivity contribution < 1.29 is 19.1 Å². The molecule has 2 aromatic rings. The van der Waals surface area contributed by atoms with Crippen molar-refractivity contribution >= 4 is 29.3 Å². The summed E-state index contributed by atoms with van der Waals surface area (Å²) in [6.45, 7) is 9.02. The van der Waals surface area contributed by atoms with E-state index in [4.69, 9.17) is 9.84 Å². The average Bonchev–Trinajstić information content (AvgIpc) is 3.53. The Balaban J connectivity index is 1.63. The number of rotatable bonds is 11. The molecule has 0 bridgehead atoms. The van der Waals surface area contributed by atoms with Crippen molar-refractivity contribution in [3.8, 4) is 0 Å². The van der Waals surface area contributed by atoms with Crippen molar-refractivity contribution in [2.24, 2.45) is 10.5 Å². The minimum absolute atomic E-state index is 0.301. The van der Waals surface area contributed by atoms with Crippen LogP contribution in [0.25, 0.3) is 0 Å². The predicted octanol–water partition coefficient (Wildman–Crippen LogP) is 3.12. The summed E-state index contributed by atoms with van der Waals surface area (Å²) in [4.78, 5) is 42.2. The topological polar surface area (TPSA) is 142 Å². The van der Waals surface area contributed by atoms with Gasteiger partial charge in [-0.1, -0.05) is 40.5 Å². The van der Waals surface area contributed by atoms with Crippen LogP contribution in [0.3, 0.4) is 0 Å². The number of ketones is 1. The number of nitrogens with zero attached hydrogens (tertiary/aromatic N) is 4. The van der Waals surface area contributed by atoms with E-state index in [9.17, 15) is 14.4 Å². The van der Waals surface area contributed by atoms with Gasteiger partial charge in [-0.3, -0.25) is 24.7 Å². The number of amides is 2. The molecule has 36 heavy (non-hydrogen) atoms. The van der Waals surface area contributed by atoms with Gasteiger partial charge in [0.05, 0.1) is 18.5 Å². The van der Waals surface area contributed by atoms with E-state index in [1.807, 2.05) is 44.8 Å². The molecular weight excluding hydrogens is 462 g/mol. The summed E-state index contributed by atoms with van der Waals surface area (Å²) in [7, 11) is 0. The number of ether oxygens (including phenoxy) is 1. The summed E-state index contributed by atoms with van der Waals surface area (Å²) in [5.41, 5.74) is 1.60. The summed E-state index contributed by atoms with van der Waals surface area (Å²) in [5.74, 6) is -1.27. The number of hydrazone groups is 1. The second-order valence-corrected chi connectivity index (χ2v) is 9.83. The van der Waals surface area contributed by atoms with Gasteiger partial charge in [0.15, 0.2) is 0 Å². The zero-order chi connectivity index (χ0) is 26.1. The van der Waals surface area contributed by atoms with Crippen molar-refractivity contribution in [2.75, 3.05) is 18.4 Å². The van der Waals surface area contributed by atoms with Crippen LogP contribution < -0.4 is 10.6 Å². The largest absolute Gasteiger partial charge is 0.444 e. The van der Waals surface area contributed by atoms with Crippen molar-refractivity contribution in [1.29, 1.82) is 0 Å². The first-order valence-electron chi connectivity index (χ1n) is 12.2. The number of hydrogen-bond donors (Lipinski definition) is 3. The maximum absolute atomic E-state index is 12.9. The molecule has 0 radical (unpaired) electrons. The standard InChI is InChI=1S/C25H35N7O4/c1-5-6-7-19(22(33)23(34)29-21-10-14-27-30-21)28-24(35)36-20(25(2,3)4)16-32-15-11-18(31-32)17-8-12-26-13-9-17/h8-10,12-14,19-20H,5-7,11,15-16H2,1-4H3,(H,28,35)(H2,27,29,30,34)/t19-,20+/m0/s1. The van der Waals surface area contributed by atoms with Crippen LogP contribution in [-0.2, 0) is 14.3 Å². The van der Waals surface area contributed by atoms with Crippen LogP contribution in [0.1, 0.15) is 58.9 Å². The first-order valence-corrected chi connectivity index (χ1v) is 12.2. The maximum atomic E-state index is 12.9. The second kappa shape index (κ2) is 12.3. The fourth-order valence-corrected chi connectivity index (χ4v) is 3.71. The van der Waals surface area contributed by atoms with Gasteiger partial charge in [0.1, 0.15) is 18.0 Å². The van der Waals surface area contributed by atoms with E-state index >= 15 is 0 Å². The van der Waals surface area contributed by atoms with E-state index in [1.54, 1.807) is 12.4 Å². The molecule has 0 fully saturated rings. The minimum Gasteiger partial charge on any atom is -0.444 e. The van der Waals surface area contributed by atoms with E-state index in [1.165, 1.54) is 12.3 Å². The Morgan fingerprint density at radius 2 is 1.92 bits per heavy atom. The number of alkyl carbamates (subject to hydrolysis) is 1. The molecule has 0 unspecified atom stereocenters. The molecule has 3 N–H and O–H groups in total. The Labute approximate surface area is 211 Å². The number of Topliss-reactive ketones (excluding diaryl/α,β-unsaturated/α-hetero) is 1. The first kappa shape index (κ1) is 26.8. The third-order valence-corrected chi connectivity index (χ3v) is 5.90. The maximum Gasteiger partial charge on any atom is 0.408 e. The van der Waals surface area contributed by atoms with Crippen molar-refractivity contribution in [3.05, 3.63) is 42.4 Å². The molecule has 0 saturated carbocycles. The highest BCUT2D eigenvalue weighted by Gasteiger charge is 2.34. The first-order chi connectivity index (χ1) is 17.2. The molecule has 2 amide bonds. The van der Waals surface area contributed by atoms with Crippen molar-refractivity contribution in [3.63, 3.8) is 0 Å². The molecule has 11 heteroatoms. The van der Waals surface area contributed by atoms with Crippen LogP contribution in [0.15, 0.2) is 41.9 Å². The second-order valence-electron chi connectivity index (χ2n) is 9.83. The summed E-state index contributed by atoms with van der Waals surface area (Å²) < 4.78 is 5.79. The lowest BCUT2D eigenvalue weighted by molar-refractivity contribution is -0.136. The summed E-state index contributed by atoms with van der Waals surface area (Å²) in [5, 5.41) is 18.0. The summed E-state index contributed by atoms with van der Waals surface area (Å²) in [6.07, 6.45) is 6.27. The molecule has 11 nitrogen and oxygen atoms in total. The normalized spacial score (nSPS) is 15.1. The quantitative estimate of drug-likeness (QED) is 0.405. The SMILES string of the molecule is CCCC[C@H](NC(=O)O[C@H](CN1CCC(c2ccncc2)=N1)C(C)(C)C)C(=O)C(=O)Nc1ccn[nH]1. The van der Waals surface area contributed by atoms with Crippen LogP contribution in [0.5, 0.6) is 0 Å². The number of aromatic nitrogens is 3. The van der Waals surface area contributed by atoms with E-state index in [2.05, 4.69) is 25.8 Å². The lowest BCUT2D eigenvalue weighted by atomic mass is 9.89. The number of unbranched alkanes of at least 4 members (excludes halogenated alkanes) is 1. The Morgan fingerprint density at radius 1 is 1.17 bits per heavy atom. The van der Waals surface area contributed by atoms with E-state index in [-0.39, 0.29) is 5.41 Å². The molecule has 3 heterocycles. The lowest BCUT2D eigenvalue weighted by Gasteiger charge is -2.33.